The molecule has 0 unspecified atom stereocenters. The van der Waals surface area contributed by atoms with E-state index >= 15 is 0 Å². The maximum absolute atomic E-state index is 12.7. The van der Waals surface area contributed by atoms with Crippen LogP contribution in [0.25, 0.3) is 0 Å². The monoisotopic (exact) mass is 370 g/mol. The minimum absolute atomic E-state index is 0.164. The largest absolute Gasteiger partial charge is 0.489 e. The van der Waals surface area contributed by atoms with E-state index < -0.39 is 0 Å². The molecule has 1 aromatic heterocycles. The Bertz CT molecular complexity index is 831. The van der Waals surface area contributed by atoms with E-state index in [2.05, 4.69) is 10.4 Å². The maximum atomic E-state index is 12.7. The highest BCUT2D eigenvalue weighted by molar-refractivity contribution is 5.94. The highest BCUT2D eigenvalue weighted by Crippen LogP contribution is 2.26. The van der Waals surface area contributed by atoms with E-state index in [1.807, 2.05) is 36.9 Å². The summed E-state index contributed by atoms with van der Waals surface area (Å²) in [6.07, 6.45) is 4.86. The van der Waals surface area contributed by atoms with Crippen molar-refractivity contribution >= 4 is 18.0 Å². The molecule has 0 aliphatic heterocycles. The lowest BCUT2D eigenvalue weighted by molar-refractivity contribution is -0.107. The van der Waals surface area contributed by atoms with Gasteiger partial charge >= 0.3 is 0 Å². The number of rotatable bonds is 7. The first-order valence-electron chi connectivity index (χ1n) is 9.26. The Morgan fingerprint density at radius 2 is 2.11 bits per heavy atom. The van der Waals surface area contributed by atoms with Gasteiger partial charge in [-0.3, -0.25) is 14.3 Å². The van der Waals surface area contributed by atoms with E-state index in [4.69, 9.17) is 4.74 Å². The topological polar surface area (TPSA) is 76.5 Å². The normalized spacial score (nSPS) is 14.2. The van der Waals surface area contributed by atoms with Gasteiger partial charge in [0.1, 0.15) is 12.4 Å². The minimum atomic E-state index is -0.201. The van der Waals surface area contributed by atoms with Crippen LogP contribution in [0, 0.1) is 0 Å². The number of aromatic nitrogens is 2. The van der Waals surface area contributed by atoms with Crippen molar-refractivity contribution in [2.75, 3.05) is 18.6 Å². The van der Waals surface area contributed by atoms with Crippen LogP contribution in [-0.4, -0.2) is 41.8 Å². The van der Waals surface area contributed by atoms with Crippen LogP contribution >= 0.6 is 0 Å². The lowest BCUT2D eigenvalue weighted by Gasteiger charge is -2.19. The first kappa shape index (κ1) is 18.9. The number of fused-ring (bicyclic) bond motifs is 1. The second-order valence-corrected chi connectivity index (χ2v) is 6.97. The summed E-state index contributed by atoms with van der Waals surface area (Å²) in [5, 5.41) is 7.40. The van der Waals surface area contributed by atoms with Gasteiger partial charge in [-0.2, -0.15) is 5.10 Å². The molecule has 0 saturated carbocycles. The molecule has 144 valence electrons. The summed E-state index contributed by atoms with van der Waals surface area (Å²) < 4.78 is 7.67. The molecule has 1 heterocycles. The molecule has 1 atom stereocenters. The van der Waals surface area contributed by atoms with Crippen LogP contribution in [0.15, 0.2) is 24.3 Å². The van der Waals surface area contributed by atoms with Gasteiger partial charge in [-0.15, -0.1) is 0 Å². The second kappa shape index (κ2) is 8.24. The van der Waals surface area contributed by atoms with Crippen LogP contribution in [-0.2, 0) is 24.7 Å². The van der Waals surface area contributed by atoms with Crippen molar-refractivity contribution in [3.63, 3.8) is 0 Å². The van der Waals surface area contributed by atoms with E-state index in [0.29, 0.717) is 23.7 Å². The van der Waals surface area contributed by atoms with Crippen LogP contribution in [0.5, 0.6) is 5.75 Å². The van der Waals surface area contributed by atoms with Crippen LogP contribution in [0.3, 0.4) is 0 Å². The van der Waals surface area contributed by atoms with Crippen molar-refractivity contribution in [2.24, 2.45) is 7.05 Å². The number of nitrogens with one attached hydrogen (secondary N) is 1. The smallest absolute Gasteiger partial charge is 0.272 e. The average Bonchev–Trinajstić information content (AvgIpc) is 3.03. The first-order chi connectivity index (χ1) is 13.0. The fraction of sp³-hybridized carbons (Fsp3) is 0.450. The summed E-state index contributed by atoms with van der Waals surface area (Å²) in [5.41, 5.74) is 3.46. The molecule has 0 bridgehead atoms. The zero-order valence-corrected chi connectivity index (χ0v) is 16.1. The van der Waals surface area contributed by atoms with Crippen molar-refractivity contribution in [1.82, 2.24) is 15.1 Å². The zero-order valence-electron chi connectivity index (χ0n) is 16.1. The van der Waals surface area contributed by atoms with Gasteiger partial charge in [0.25, 0.3) is 5.91 Å². The molecular formula is C20H26N4O3. The Hall–Kier alpha value is -2.83. The molecule has 2 aromatic rings. The molecule has 3 rings (SSSR count). The van der Waals surface area contributed by atoms with Crippen molar-refractivity contribution in [1.29, 1.82) is 0 Å². The molecule has 0 spiro atoms. The third kappa shape index (κ3) is 4.13. The Morgan fingerprint density at radius 3 is 2.89 bits per heavy atom. The first-order valence-corrected chi connectivity index (χ1v) is 9.26. The summed E-state index contributed by atoms with van der Waals surface area (Å²) in [6.45, 7) is 2.18. The number of amides is 2. The number of carbonyl (C=O) groups excluding carboxylic acids is 2. The Labute approximate surface area is 159 Å². The standard InChI is InChI=1S/C20H26N4O3/c1-14(12-27-18-11-7-6-10-17(18)23(2)13-25)21-20(26)19-15-8-4-5-9-16(15)24(3)22-19/h6-7,10-11,13-14H,4-5,8-9,12H2,1-3H3,(H,21,26)/t14-/m1/s1. The van der Waals surface area contributed by atoms with Gasteiger partial charge in [0.2, 0.25) is 6.41 Å². The molecule has 27 heavy (non-hydrogen) atoms. The number of anilines is 1. The van der Waals surface area contributed by atoms with Gasteiger partial charge in [0, 0.05) is 25.4 Å². The van der Waals surface area contributed by atoms with Crippen molar-refractivity contribution in [3.05, 3.63) is 41.2 Å². The summed E-state index contributed by atoms with van der Waals surface area (Å²) in [7, 11) is 3.57. The summed E-state index contributed by atoms with van der Waals surface area (Å²) in [4.78, 5) is 25.2. The fourth-order valence-corrected chi connectivity index (χ4v) is 3.43. The van der Waals surface area contributed by atoms with Crippen molar-refractivity contribution < 1.29 is 14.3 Å². The summed E-state index contributed by atoms with van der Waals surface area (Å²) in [6, 6.07) is 7.11. The number of para-hydroxylation sites is 2. The average molecular weight is 370 g/mol. The molecular weight excluding hydrogens is 344 g/mol. The highest BCUT2D eigenvalue weighted by atomic mass is 16.5. The van der Waals surface area contributed by atoms with E-state index in [1.165, 1.54) is 10.6 Å². The second-order valence-electron chi connectivity index (χ2n) is 6.97. The molecule has 7 nitrogen and oxygen atoms in total. The number of hydrogen-bond donors (Lipinski definition) is 1. The van der Waals surface area contributed by atoms with Gasteiger partial charge in [-0.05, 0) is 44.7 Å². The molecule has 0 radical (unpaired) electrons. The number of aryl methyl sites for hydroxylation is 1. The molecule has 1 aliphatic carbocycles. The number of benzene rings is 1. The van der Waals surface area contributed by atoms with E-state index in [1.54, 1.807) is 13.1 Å². The SMILES string of the molecule is C[C@H](COc1ccccc1N(C)C=O)NC(=O)c1nn(C)c2c1CCCC2. The number of ether oxygens (including phenoxy) is 1. The molecule has 7 heteroatoms. The third-order valence-corrected chi connectivity index (χ3v) is 4.85. The van der Waals surface area contributed by atoms with Gasteiger partial charge < -0.3 is 15.0 Å². The van der Waals surface area contributed by atoms with Gasteiger partial charge in [-0.25, -0.2) is 0 Å². The van der Waals surface area contributed by atoms with Crippen molar-refractivity contribution in [3.8, 4) is 5.75 Å². The van der Waals surface area contributed by atoms with Crippen LogP contribution < -0.4 is 15.0 Å². The molecule has 0 saturated heterocycles. The Kier molecular flexibility index (Phi) is 5.78. The predicted octanol–water partition coefficient (Wildman–Crippen LogP) is 2.09. The fourth-order valence-electron chi connectivity index (χ4n) is 3.43. The van der Waals surface area contributed by atoms with E-state index in [0.717, 1.165) is 37.7 Å². The van der Waals surface area contributed by atoms with E-state index in [-0.39, 0.29) is 11.9 Å². The quantitative estimate of drug-likeness (QED) is 0.757. The van der Waals surface area contributed by atoms with Crippen molar-refractivity contribution in [2.45, 2.75) is 38.6 Å². The van der Waals surface area contributed by atoms with Gasteiger partial charge in [0.15, 0.2) is 5.69 Å². The maximum Gasteiger partial charge on any atom is 0.272 e. The third-order valence-electron chi connectivity index (χ3n) is 4.85. The van der Waals surface area contributed by atoms with Gasteiger partial charge in [0.05, 0.1) is 11.7 Å². The zero-order chi connectivity index (χ0) is 19.4. The Balaban J connectivity index is 1.63. The molecule has 1 N–H and O–H groups in total. The lowest BCUT2D eigenvalue weighted by Crippen LogP contribution is -2.37. The molecule has 1 aliphatic rings. The summed E-state index contributed by atoms with van der Waals surface area (Å²) >= 11 is 0. The number of nitrogens with zero attached hydrogens (tertiary/aromatic N) is 3. The van der Waals surface area contributed by atoms with Crippen LogP contribution in [0.1, 0.15) is 41.5 Å². The minimum Gasteiger partial charge on any atom is -0.489 e. The highest BCUT2D eigenvalue weighted by Gasteiger charge is 2.24. The van der Waals surface area contributed by atoms with E-state index in [9.17, 15) is 9.59 Å². The molecule has 0 fully saturated rings. The van der Waals surface area contributed by atoms with Crippen LogP contribution in [0.2, 0.25) is 0 Å². The Morgan fingerprint density at radius 1 is 1.37 bits per heavy atom. The molecule has 2 amide bonds. The lowest BCUT2D eigenvalue weighted by atomic mass is 9.95. The van der Waals surface area contributed by atoms with Gasteiger partial charge in [-0.1, -0.05) is 12.1 Å². The predicted molar refractivity (Wildman–Crippen MR) is 103 cm³/mol. The summed E-state index contributed by atoms with van der Waals surface area (Å²) in [5.74, 6) is 0.437. The molecule has 1 aromatic carbocycles. The number of hydrogen-bond acceptors (Lipinski definition) is 4. The number of carbonyl (C=O) groups is 2. The van der Waals surface area contributed by atoms with Crippen LogP contribution in [0.4, 0.5) is 5.69 Å².